The molecule has 0 aromatic carbocycles. The van der Waals surface area contributed by atoms with Gasteiger partial charge in [0.2, 0.25) is 0 Å². The molecule has 16 heavy (non-hydrogen) atoms. The second-order valence-electron chi connectivity index (χ2n) is 4.63. The zero-order valence-corrected chi connectivity index (χ0v) is 10.8. The average molecular weight is 222 g/mol. The van der Waals surface area contributed by atoms with Crippen LogP contribution in [0.2, 0.25) is 0 Å². The van der Waals surface area contributed by atoms with Crippen LogP contribution >= 0.6 is 0 Å². The number of unbranched alkanes of at least 4 members (excludes halogenated alkanes) is 3. The molecular formula is C14H26N2. The lowest BCUT2D eigenvalue weighted by Crippen LogP contribution is -2.23. The Kier molecular flexibility index (Phi) is 6.24. The van der Waals surface area contributed by atoms with E-state index in [2.05, 4.69) is 36.7 Å². The lowest BCUT2D eigenvalue weighted by atomic mass is 10.1. The zero-order valence-electron chi connectivity index (χ0n) is 10.8. The summed E-state index contributed by atoms with van der Waals surface area (Å²) in [5.41, 5.74) is 7.39. The van der Waals surface area contributed by atoms with Gasteiger partial charge in [0.1, 0.15) is 0 Å². The van der Waals surface area contributed by atoms with E-state index in [-0.39, 0.29) is 0 Å². The van der Waals surface area contributed by atoms with Gasteiger partial charge in [0, 0.05) is 30.9 Å². The van der Waals surface area contributed by atoms with Crippen LogP contribution in [0.15, 0.2) is 18.3 Å². The van der Waals surface area contributed by atoms with Crippen molar-refractivity contribution in [2.45, 2.75) is 65.0 Å². The monoisotopic (exact) mass is 222 g/mol. The van der Waals surface area contributed by atoms with Gasteiger partial charge in [-0.1, -0.05) is 33.1 Å². The molecule has 0 spiro atoms. The predicted molar refractivity (Wildman–Crippen MR) is 70.5 cm³/mol. The fourth-order valence-corrected chi connectivity index (χ4v) is 1.97. The van der Waals surface area contributed by atoms with E-state index in [1.807, 2.05) is 0 Å². The SMILES string of the molecule is CCCCCCn1cccc1CC(N)CC. The van der Waals surface area contributed by atoms with E-state index in [9.17, 15) is 0 Å². The maximum atomic E-state index is 6.00. The van der Waals surface area contributed by atoms with E-state index in [0.717, 1.165) is 19.4 Å². The number of nitrogens with zero attached hydrogens (tertiary/aromatic N) is 1. The van der Waals surface area contributed by atoms with Crippen molar-refractivity contribution in [2.24, 2.45) is 5.73 Å². The number of rotatable bonds is 8. The van der Waals surface area contributed by atoms with Crippen molar-refractivity contribution in [3.8, 4) is 0 Å². The third-order valence-electron chi connectivity index (χ3n) is 3.17. The van der Waals surface area contributed by atoms with Crippen molar-refractivity contribution in [2.75, 3.05) is 0 Å². The first kappa shape index (κ1) is 13.3. The molecule has 1 aromatic rings. The summed E-state index contributed by atoms with van der Waals surface area (Å²) < 4.78 is 2.37. The second kappa shape index (κ2) is 7.50. The lowest BCUT2D eigenvalue weighted by molar-refractivity contribution is 0.549. The average Bonchev–Trinajstić information content (AvgIpc) is 2.72. The van der Waals surface area contributed by atoms with Crippen LogP contribution in [-0.2, 0) is 13.0 Å². The highest BCUT2D eigenvalue weighted by molar-refractivity contribution is 5.08. The van der Waals surface area contributed by atoms with Gasteiger partial charge in [0.15, 0.2) is 0 Å². The Balaban J connectivity index is 2.38. The van der Waals surface area contributed by atoms with E-state index in [4.69, 9.17) is 5.73 Å². The normalized spacial score (nSPS) is 12.9. The summed E-state index contributed by atoms with van der Waals surface area (Å²) in [4.78, 5) is 0. The maximum absolute atomic E-state index is 6.00. The van der Waals surface area contributed by atoms with E-state index in [0.29, 0.717) is 6.04 Å². The van der Waals surface area contributed by atoms with Crippen LogP contribution in [0, 0.1) is 0 Å². The predicted octanol–water partition coefficient (Wildman–Crippen LogP) is 3.35. The molecule has 1 unspecified atom stereocenters. The van der Waals surface area contributed by atoms with Gasteiger partial charge in [0.25, 0.3) is 0 Å². The van der Waals surface area contributed by atoms with Gasteiger partial charge in [-0.15, -0.1) is 0 Å². The number of hydrogen-bond acceptors (Lipinski definition) is 1. The Bertz CT molecular complexity index is 278. The molecule has 2 N–H and O–H groups in total. The van der Waals surface area contributed by atoms with Gasteiger partial charge >= 0.3 is 0 Å². The van der Waals surface area contributed by atoms with E-state index in [1.54, 1.807) is 0 Å². The summed E-state index contributed by atoms with van der Waals surface area (Å²) in [6, 6.07) is 4.65. The van der Waals surface area contributed by atoms with Crippen LogP contribution < -0.4 is 5.73 Å². The largest absolute Gasteiger partial charge is 0.351 e. The molecule has 0 saturated carbocycles. The molecule has 0 saturated heterocycles. The molecular weight excluding hydrogens is 196 g/mol. The van der Waals surface area contributed by atoms with Crippen LogP contribution in [0.3, 0.4) is 0 Å². The molecule has 0 bridgehead atoms. The highest BCUT2D eigenvalue weighted by Crippen LogP contribution is 2.09. The third-order valence-corrected chi connectivity index (χ3v) is 3.17. The molecule has 1 heterocycles. The van der Waals surface area contributed by atoms with Crippen LogP contribution in [0.25, 0.3) is 0 Å². The first-order chi connectivity index (χ1) is 7.77. The minimum atomic E-state index is 0.310. The molecule has 1 rings (SSSR count). The van der Waals surface area contributed by atoms with Gasteiger partial charge in [0.05, 0.1) is 0 Å². The number of aryl methyl sites for hydroxylation is 1. The van der Waals surface area contributed by atoms with Crippen molar-refractivity contribution in [1.82, 2.24) is 4.57 Å². The van der Waals surface area contributed by atoms with Gasteiger partial charge in [-0.05, 0) is 25.0 Å². The summed E-state index contributed by atoms with van der Waals surface area (Å²) in [5, 5.41) is 0. The smallest absolute Gasteiger partial charge is 0.0222 e. The summed E-state index contributed by atoms with van der Waals surface area (Å²) in [6.07, 6.45) is 9.54. The Morgan fingerprint density at radius 1 is 1.25 bits per heavy atom. The van der Waals surface area contributed by atoms with Crippen molar-refractivity contribution < 1.29 is 0 Å². The lowest BCUT2D eigenvalue weighted by Gasteiger charge is -2.12. The minimum absolute atomic E-state index is 0.310. The summed E-state index contributed by atoms with van der Waals surface area (Å²) in [6.45, 7) is 5.55. The summed E-state index contributed by atoms with van der Waals surface area (Å²) >= 11 is 0. The molecule has 0 fully saturated rings. The Morgan fingerprint density at radius 2 is 2.06 bits per heavy atom. The Labute approximate surface area is 99.8 Å². The highest BCUT2D eigenvalue weighted by atomic mass is 15.0. The fraction of sp³-hybridized carbons (Fsp3) is 0.714. The summed E-state index contributed by atoms with van der Waals surface area (Å²) in [7, 11) is 0. The Morgan fingerprint density at radius 3 is 2.75 bits per heavy atom. The first-order valence-electron chi connectivity index (χ1n) is 6.67. The topological polar surface area (TPSA) is 30.9 Å². The molecule has 1 aromatic heterocycles. The van der Waals surface area contributed by atoms with E-state index >= 15 is 0 Å². The summed E-state index contributed by atoms with van der Waals surface area (Å²) in [5.74, 6) is 0. The molecule has 0 aliphatic heterocycles. The number of nitrogens with two attached hydrogens (primary N) is 1. The Hall–Kier alpha value is -0.760. The molecule has 0 aliphatic rings. The molecule has 2 nitrogen and oxygen atoms in total. The number of aromatic nitrogens is 1. The van der Waals surface area contributed by atoms with Gasteiger partial charge in [-0.2, -0.15) is 0 Å². The standard InChI is InChI=1S/C14H26N2/c1-3-5-6-7-10-16-11-8-9-14(16)12-13(15)4-2/h8-9,11,13H,3-7,10,12,15H2,1-2H3. The van der Waals surface area contributed by atoms with Crippen molar-refractivity contribution in [1.29, 1.82) is 0 Å². The highest BCUT2D eigenvalue weighted by Gasteiger charge is 2.05. The van der Waals surface area contributed by atoms with Crippen molar-refractivity contribution in [3.63, 3.8) is 0 Å². The molecule has 0 amide bonds. The molecule has 0 aliphatic carbocycles. The number of hydrogen-bond donors (Lipinski definition) is 1. The van der Waals surface area contributed by atoms with Crippen LogP contribution in [0.1, 0.15) is 51.6 Å². The van der Waals surface area contributed by atoms with Crippen LogP contribution in [-0.4, -0.2) is 10.6 Å². The van der Waals surface area contributed by atoms with Crippen molar-refractivity contribution >= 4 is 0 Å². The molecule has 1 atom stereocenters. The van der Waals surface area contributed by atoms with Gasteiger partial charge in [-0.3, -0.25) is 0 Å². The van der Waals surface area contributed by atoms with Crippen LogP contribution in [0.4, 0.5) is 0 Å². The van der Waals surface area contributed by atoms with Crippen LogP contribution in [0.5, 0.6) is 0 Å². The van der Waals surface area contributed by atoms with Gasteiger partial charge < -0.3 is 10.3 Å². The fourth-order valence-electron chi connectivity index (χ4n) is 1.97. The van der Waals surface area contributed by atoms with E-state index in [1.165, 1.54) is 31.4 Å². The first-order valence-corrected chi connectivity index (χ1v) is 6.67. The maximum Gasteiger partial charge on any atom is 0.0222 e. The molecule has 92 valence electrons. The molecule has 0 radical (unpaired) electrons. The minimum Gasteiger partial charge on any atom is -0.351 e. The third kappa shape index (κ3) is 4.40. The quantitative estimate of drug-likeness (QED) is 0.672. The zero-order chi connectivity index (χ0) is 11.8. The van der Waals surface area contributed by atoms with Crippen molar-refractivity contribution in [3.05, 3.63) is 24.0 Å². The second-order valence-corrected chi connectivity index (χ2v) is 4.63. The van der Waals surface area contributed by atoms with E-state index < -0.39 is 0 Å². The van der Waals surface area contributed by atoms with Gasteiger partial charge in [-0.25, -0.2) is 0 Å². The molecule has 2 heteroatoms.